The van der Waals surface area contributed by atoms with Gasteiger partial charge in [0, 0.05) is 0 Å². The van der Waals surface area contributed by atoms with Crippen LogP contribution in [0, 0.1) is 0 Å². The van der Waals surface area contributed by atoms with Crippen LogP contribution in [0.1, 0.15) is 0 Å². The lowest BCUT2D eigenvalue weighted by atomic mass is 10.2. The van der Waals surface area contributed by atoms with Gasteiger partial charge in [0.25, 0.3) is 6.43 Å². The van der Waals surface area contributed by atoms with E-state index in [4.69, 9.17) is 0 Å². The van der Waals surface area contributed by atoms with Gasteiger partial charge in [0.1, 0.15) is 6.26 Å². The van der Waals surface area contributed by atoms with E-state index in [1.165, 1.54) is 0 Å². The van der Waals surface area contributed by atoms with Crippen LogP contribution in [0.2, 0.25) is 0 Å². The Hall–Kier alpha value is -1.23. The Morgan fingerprint density at radius 3 is 1.50 bits per heavy atom. The number of allylic oxidation sites excluding steroid dienone is 1. The van der Waals surface area contributed by atoms with E-state index in [0.29, 0.717) is 0 Å². The number of halogens is 11. The fraction of sp³-hybridized carbons (Fsp3) is 0.750. The normalized spacial score (nSPS) is 27.9. The molecular formula is C8H3F11O. The van der Waals surface area contributed by atoms with E-state index < -0.39 is 48.3 Å². The van der Waals surface area contributed by atoms with Crippen LogP contribution in [0.4, 0.5) is 48.3 Å². The van der Waals surface area contributed by atoms with Crippen molar-refractivity contribution in [2.24, 2.45) is 0 Å². The maximum absolute atomic E-state index is 12.9. The molecule has 0 aromatic heterocycles. The molecule has 0 radical (unpaired) electrons. The van der Waals surface area contributed by atoms with Crippen LogP contribution >= 0.6 is 0 Å². The molecule has 0 spiro atoms. The van der Waals surface area contributed by atoms with Crippen LogP contribution in [0.3, 0.4) is 0 Å². The van der Waals surface area contributed by atoms with Crippen molar-refractivity contribution in [3.05, 3.63) is 12.1 Å². The Morgan fingerprint density at radius 1 is 0.850 bits per heavy atom. The van der Waals surface area contributed by atoms with Crippen molar-refractivity contribution in [3.8, 4) is 0 Å². The van der Waals surface area contributed by atoms with Crippen LogP contribution in [-0.2, 0) is 4.74 Å². The Labute approximate surface area is 103 Å². The summed E-state index contributed by atoms with van der Waals surface area (Å²) in [6.45, 7) is 0. The summed E-state index contributed by atoms with van der Waals surface area (Å²) in [5, 5.41) is 0. The standard InChI is InChI=1S/C8H3F11O/c9-2(3(10)11)1-20-4-5(12,13)7(16,17)8(18,19)6(4,14)15/h1,3-4H. The lowest BCUT2D eigenvalue weighted by molar-refractivity contribution is -0.303. The second-order valence-corrected chi connectivity index (χ2v) is 3.71. The molecule has 0 aromatic carbocycles. The van der Waals surface area contributed by atoms with Gasteiger partial charge in [-0.1, -0.05) is 0 Å². The second-order valence-electron chi connectivity index (χ2n) is 3.71. The van der Waals surface area contributed by atoms with Gasteiger partial charge < -0.3 is 4.74 Å². The summed E-state index contributed by atoms with van der Waals surface area (Å²) in [4.78, 5) is 0. The Bertz CT molecular complexity index is 387. The molecule has 1 rings (SSSR count). The summed E-state index contributed by atoms with van der Waals surface area (Å²) < 4.78 is 140. The molecule has 0 N–H and O–H groups in total. The largest absolute Gasteiger partial charge is 0.482 e. The number of hydrogen-bond acceptors (Lipinski definition) is 1. The van der Waals surface area contributed by atoms with Crippen LogP contribution in [-0.4, -0.2) is 36.2 Å². The van der Waals surface area contributed by atoms with E-state index in [9.17, 15) is 48.3 Å². The van der Waals surface area contributed by atoms with Crippen molar-refractivity contribution < 1.29 is 53.0 Å². The van der Waals surface area contributed by atoms with Gasteiger partial charge >= 0.3 is 23.7 Å². The maximum Gasteiger partial charge on any atom is 0.382 e. The zero-order chi connectivity index (χ0) is 16.1. The lowest BCUT2D eigenvalue weighted by Crippen LogP contribution is -2.51. The zero-order valence-electron chi connectivity index (χ0n) is 8.80. The zero-order valence-corrected chi connectivity index (χ0v) is 8.80. The molecule has 1 nitrogen and oxygen atoms in total. The number of hydrogen-bond donors (Lipinski definition) is 0. The van der Waals surface area contributed by atoms with Gasteiger partial charge in [-0.15, -0.1) is 0 Å². The number of ether oxygens (including phenoxy) is 1. The molecule has 0 unspecified atom stereocenters. The quantitative estimate of drug-likeness (QED) is 0.563. The summed E-state index contributed by atoms with van der Waals surface area (Å²) in [5.41, 5.74) is 0. The van der Waals surface area contributed by atoms with Gasteiger partial charge in [-0.3, -0.25) is 0 Å². The molecule has 0 aromatic rings. The molecule has 1 aliphatic carbocycles. The molecule has 118 valence electrons. The van der Waals surface area contributed by atoms with E-state index in [2.05, 4.69) is 4.74 Å². The molecule has 1 fully saturated rings. The highest BCUT2D eigenvalue weighted by molar-refractivity contribution is 5.20. The van der Waals surface area contributed by atoms with E-state index in [1.807, 2.05) is 0 Å². The predicted molar refractivity (Wildman–Crippen MR) is 39.9 cm³/mol. The fourth-order valence-electron chi connectivity index (χ4n) is 1.33. The minimum absolute atomic E-state index is 1.03. The van der Waals surface area contributed by atoms with Crippen LogP contribution in [0.25, 0.3) is 0 Å². The molecule has 20 heavy (non-hydrogen) atoms. The third-order valence-electron chi connectivity index (χ3n) is 2.42. The minimum Gasteiger partial charge on any atom is -0.482 e. The Balaban J connectivity index is 3.23. The monoisotopic (exact) mass is 324 g/mol. The van der Waals surface area contributed by atoms with Crippen LogP contribution < -0.4 is 0 Å². The predicted octanol–water partition coefficient (Wildman–Crippen LogP) is 4.00. The van der Waals surface area contributed by atoms with Crippen LogP contribution in [0.15, 0.2) is 12.1 Å². The summed E-state index contributed by atoms with van der Waals surface area (Å²) in [6, 6.07) is 0. The summed E-state index contributed by atoms with van der Waals surface area (Å²) in [5.74, 6) is -27.9. The average Bonchev–Trinajstić information content (AvgIpc) is 2.32. The van der Waals surface area contributed by atoms with Crippen molar-refractivity contribution >= 4 is 0 Å². The van der Waals surface area contributed by atoms with Crippen molar-refractivity contribution in [2.75, 3.05) is 0 Å². The highest BCUT2D eigenvalue weighted by Gasteiger charge is 2.94. The van der Waals surface area contributed by atoms with E-state index in [1.54, 1.807) is 0 Å². The van der Waals surface area contributed by atoms with Crippen molar-refractivity contribution in [1.82, 2.24) is 0 Å². The molecule has 1 aliphatic rings. The van der Waals surface area contributed by atoms with E-state index in [0.717, 1.165) is 0 Å². The van der Waals surface area contributed by atoms with Crippen molar-refractivity contribution in [2.45, 2.75) is 36.2 Å². The number of rotatable bonds is 3. The molecule has 0 bridgehead atoms. The smallest absolute Gasteiger partial charge is 0.382 e. The van der Waals surface area contributed by atoms with E-state index in [-0.39, 0.29) is 0 Å². The SMILES string of the molecule is FC(=COC1C(F)(F)C(F)(F)C(F)(F)C1(F)F)C(F)F. The molecule has 12 heteroatoms. The lowest BCUT2D eigenvalue weighted by Gasteiger charge is -2.22. The first-order chi connectivity index (χ1) is 8.71. The van der Waals surface area contributed by atoms with Crippen LogP contribution in [0.5, 0.6) is 0 Å². The van der Waals surface area contributed by atoms with E-state index >= 15 is 0 Å². The van der Waals surface area contributed by atoms with Gasteiger partial charge in [0.15, 0.2) is 0 Å². The van der Waals surface area contributed by atoms with Gasteiger partial charge in [0.05, 0.1) is 0 Å². The summed E-state index contributed by atoms with van der Waals surface area (Å²) in [7, 11) is 0. The van der Waals surface area contributed by atoms with Gasteiger partial charge in [-0.25, -0.2) is 13.2 Å². The highest BCUT2D eigenvalue weighted by Crippen LogP contribution is 2.63. The van der Waals surface area contributed by atoms with Gasteiger partial charge in [0.2, 0.25) is 11.9 Å². The third kappa shape index (κ3) is 1.91. The van der Waals surface area contributed by atoms with Gasteiger partial charge in [-0.2, -0.15) is 35.1 Å². The molecule has 0 heterocycles. The molecule has 0 atom stereocenters. The first-order valence-electron chi connectivity index (χ1n) is 4.51. The first-order valence-corrected chi connectivity index (χ1v) is 4.51. The van der Waals surface area contributed by atoms with Gasteiger partial charge in [-0.05, 0) is 0 Å². The summed E-state index contributed by atoms with van der Waals surface area (Å²) in [6.07, 6.45) is -9.53. The van der Waals surface area contributed by atoms with Crippen molar-refractivity contribution in [3.63, 3.8) is 0 Å². The molecule has 0 amide bonds. The Kier molecular flexibility index (Phi) is 3.69. The minimum atomic E-state index is -6.51. The van der Waals surface area contributed by atoms with Crippen molar-refractivity contribution in [1.29, 1.82) is 0 Å². The Morgan fingerprint density at radius 2 is 1.20 bits per heavy atom. The topological polar surface area (TPSA) is 9.23 Å². The third-order valence-corrected chi connectivity index (χ3v) is 2.42. The molecular weight excluding hydrogens is 321 g/mol. The first kappa shape index (κ1) is 16.8. The summed E-state index contributed by atoms with van der Waals surface area (Å²) >= 11 is 0. The fourth-order valence-corrected chi connectivity index (χ4v) is 1.33. The molecule has 0 aliphatic heterocycles. The number of alkyl halides is 10. The molecule has 1 saturated carbocycles. The average molecular weight is 324 g/mol. The highest BCUT2D eigenvalue weighted by atomic mass is 19.4. The second kappa shape index (κ2) is 4.38. The maximum atomic E-state index is 12.9. The molecule has 0 saturated heterocycles.